The predicted octanol–water partition coefficient (Wildman–Crippen LogP) is 4.23. The van der Waals surface area contributed by atoms with Crippen molar-refractivity contribution in [1.82, 2.24) is 9.22 Å². The summed E-state index contributed by atoms with van der Waals surface area (Å²) in [5.74, 6) is -0.601. The standard InChI is InChI=1S/C28H30N2O4/c1-5-29(6-2)19-13-15-23-25(17-19)34-26-18-20(30(33,7-3)8-4)14-16-24(26)27(23)21-11-9-10-12-22(21)28(31)32/h9-18H,5-8H2,1-4H3. The molecule has 34 heavy (non-hydrogen) atoms. The van der Waals surface area contributed by atoms with Gasteiger partial charge < -0.3 is 24.2 Å². The maximum Gasteiger partial charge on any atom is 0.203 e. The number of carbonyl (C=O) groups is 1. The van der Waals surface area contributed by atoms with Gasteiger partial charge in [0.2, 0.25) is 5.36 Å². The Morgan fingerprint density at radius 1 is 0.912 bits per heavy atom. The minimum absolute atomic E-state index is 0.115. The molecular weight excluding hydrogens is 428 g/mol. The molecule has 6 heteroatoms. The van der Waals surface area contributed by atoms with E-state index in [4.69, 9.17) is 4.42 Å². The summed E-state index contributed by atoms with van der Waals surface area (Å²) in [6.07, 6.45) is 0. The lowest BCUT2D eigenvalue weighted by molar-refractivity contribution is -0.254. The second-order valence-corrected chi connectivity index (χ2v) is 8.37. The lowest BCUT2D eigenvalue weighted by Crippen LogP contribution is -2.42. The Hall–Kier alpha value is -3.48. The van der Waals surface area contributed by atoms with E-state index < -0.39 is 10.6 Å². The highest BCUT2D eigenvalue weighted by atomic mass is 16.5. The van der Waals surface area contributed by atoms with Crippen molar-refractivity contribution in [3.05, 3.63) is 76.8 Å². The fraction of sp³-hybridized carbons (Fsp3) is 0.286. The van der Waals surface area contributed by atoms with E-state index >= 15 is 0 Å². The lowest BCUT2D eigenvalue weighted by Gasteiger charge is -2.40. The summed E-state index contributed by atoms with van der Waals surface area (Å²) in [4.78, 5) is 12.0. The van der Waals surface area contributed by atoms with Gasteiger partial charge in [0.05, 0.1) is 25.1 Å². The molecule has 0 N–H and O–H groups in total. The summed E-state index contributed by atoms with van der Waals surface area (Å²) in [6.45, 7) is 10.4. The Balaban J connectivity index is 2.15. The number of hydrogen-bond donors (Lipinski definition) is 0. The first kappa shape index (κ1) is 23.7. The Morgan fingerprint density at radius 3 is 2.26 bits per heavy atom. The van der Waals surface area contributed by atoms with Crippen LogP contribution in [0.2, 0.25) is 0 Å². The van der Waals surface area contributed by atoms with Gasteiger partial charge in [0.15, 0.2) is 0 Å². The van der Waals surface area contributed by atoms with Gasteiger partial charge in [-0.15, -0.1) is 0 Å². The predicted molar refractivity (Wildman–Crippen MR) is 135 cm³/mol. The van der Waals surface area contributed by atoms with Gasteiger partial charge in [0, 0.05) is 40.3 Å². The number of fused-ring (bicyclic) bond motifs is 2. The topological polar surface area (TPSA) is 79.3 Å². The lowest BCUT2D eigenvalue weighted by atomic mass is 9.90. The molecule has 1 heterocycles. The minimum atomic E-state index is -1.23. The molecule has 1 aliphatic carbocycles. The SMILES string of the molecule is CC[N+](CC)=c1ccc2c(-c3ccccc3C(=O)[O-])c3ccc([N+]([O-])(CC)CC)cc3oc-2c1. The molecule has 0 saturated carbocycles. The average molecular weight is 459 g/mol. The largest absolute Gasteiger partial charge is 0.627 e. The molecule has 2 aromatic rings. The van der Waals surface area contributed by atoms with Gasteiger partial charge in [-0.3, -0.25) is 0 Å². The Bertz CT molecular complexity index is 1390. The number of aromatic carboxylic acids is 1. The van der Waals surface area contributed by atoms with E-state index in [1.165, 1.54) is 0 Å². The van der Waals surface area contributed by atoms with Crippen LogP contribution in [0.25, 0.3) is 33.4 Å². The van der Waals surface area contributed by atoms with E-state index in [9.17, 15) is 15.1 Å². The number of carbonyl (C=O) groups excluding carboxylic acids is 1. The zero-order chi connectivity index (χ0) is 24.5. The second kappa shape index (κ2) is 9.41. The van der Waals surface area contributed by atoms with Gasteiger partial charge in [-0.05, 0) is 45.4 Å². The van der Waals surface area contributed by atoms with Crippen molar-refractivity contribution in [2.45, 2.75) is 27.7 Å². The molecule has 6 nitrogen and oxygen atoms in total. The van der Waals surface area contributed by atoms with Gasteiger partial charge in [0.1, 0.15) is 30.1 Å². The number of benzene rings is 3. The van der Waals surface area contributed by atoms with Gasteiger partial charge in [-0.2, -0.15) is 0 Å². The van der Waals surface area contributed by atoms with E-state index in [1.807, 2.05) is 50.2 Å². The summed E-state index contributed by atoms with van der Waals surface area (Å²) < 4.78 is 8.13. The summed E-state index contributed by atoms with van der Waals surface area (Å²) >= 11 is 0. The van der Waals surface area contributed by atoms with Gasteiger partial charge in [-0.25, -0.2) is 4.58 Å². The fourth-order valence-electron chi connectivity index (χ4n) is 4.66. The molecule has 0 aromatic heterocycles. The number of carboxylic acid groups (broad SMARTS) is 1. The first-order valence-corrected chi connectivity index (χ1v) is 11.8. The molecule has 1 aliphatic heterocycles. The third-order valence-corrected chi connectivity index (χ3v) is 6.73. The van der Waals surface area contributed by atoms with Crippen molar-refractivity contribution < 1.29 is 14.3 Å². The van der Waals surface area contributed by atoms with E-state index in [0.29, 0.717) is 35.7 Å². The second-order valence-electron chi connectivity index (χ2n) is 8.37. The summed E-state index contributed by atoms with van der Waals surface area (Å²) in [5, 5.41) is 27.0. The van der Waals surface area contributed by atoms with Gasteiger partial charge in [-0.1, -0.05) is 24.3 Å². The van der Waals surface area contributed by atoms with Crippen molar-refractivity contribution in [1.29, 1.82) is 0 Å². The van der Waals surface area contributed by atoms with E-state index in [0.717, 1.165) is 35.0 Å². The van der Waals surface area contributed by atoms with Crippen LogP contribution in [0.15, 0.2) is 65.1 Å². The molecule has 0 amide bonds. The van der Waals surface area contributed by atoms with Crippen LogP contribution in [-0.4, -0.2) is 32.1 Å². The van der Waals surface area contributed by atoms with Crippen LogP contribution < -0.4 is 19.7 Å². The normalized spacial score (nSPS) is 11.8. The van der Waals surface area contributed by atoms with E-state index in [2.05, 4.69) is 18.4 Å². The highest BCUT2D eigenvalue weighted by Gasteiger charge is 2.23. The van der Waals surface area contributed by atoms with Gasteiger partial charge >= 0.3 is 0 Å². The van der Waals surface area contributed by atoms with Crippen LogP contribution in [0.1, 0.15) is 38.1 Å². The molecule has 176 valence electrons. The van der Waals surface area contributed by atoms with E-state index in [-0.39, 0.29) is 5.56 Å². The van der Waals surface area contributed by atoms with Crippen molar-refractivity contribution in [2.24, 2.45) is 0 Å². The molecule has 0 fully saturated rings. The molecule has 0 bridgehead atoms. The van der Waals surface area contributed by atoms with Crippen LogP contribution in [0.3, 0.4) is 0 Å². The Morgan fingerprint density at radius 2 is 1.62 bits per heavy atom. The molecule has 0 saturated heterocycles. The Kier molecular flexibility index (Phi) is 6.55. The first-order chi connectivity index (χ1) is 16.4. The van der Waals surface area contributed by atoms with Crippen LogP contribution >= 0.6 is 0 Å². The van der Waals surface area contributed by atoms with Gasteiger partial charge in [0.25, 0.3) is 0 Å². The summed E-state index contributed by atoms with van der Waals surface area (Å²) in [7, 11) is 0. The third kappa shape index (κ3) is 4.00. The van der Waals surface area contributed by atoms with Crippen molar-refractivity contribution in [3.63, 3.8) is 0 Å². The number of carboxylic acids is 1. The fourth-order valence-corrected chi connectivity index (χ4v) is 4.66. The molecular formula is C28H30N2O4. The Labute approximate surface area is 199 Å². The maximum absolute atomic E-state index is 13.3. The number of hydrogen-bond acceptors (Lipinski definition) is 4. The zero-order valence-electron chi connectivity index (χ0n) is 20.1. The maximum atomic E-state index is 13.3. The van der Waals surface area contributed by atoms with E-state index in [1.54, 1.807) is 24.3 Å². The van der Waals surface area contributed by atoms with Crippen molar-refractivity contribution in [2.75, 3.05) is 26.2 Å². The number of rotatable bonds is 7. The molecule has 0 spiro atoms. The first-order valence-electron chi connectivity index (χ1n) is 11.8. The molecule has 0 unspecified atom stereocenters. The number of hydroxylamine groups is 2. The van der Waals surface area contributed by atoms with Crippen molar-refractivity contribution >= 4 is 22.6 Å². The quantitative estimate of drug-likeness (QED) is 0.180. The number of quaternary nitrogens is 1. The summed E-state index contributed by atoms with van der Waals surface area (Å²) in [5.41, 5.74) is 3.39. The zero-order valence-corrected chi connectivity index (χ0v) is 20.1. The third-order valence-electron chi connectivity index (χ3n) is 6.73. The van der Waals surface area contributed by atoms with Crippen LogP contribution in [-0.2, 0) is 0 Å². The molecule has 2 aliphatic rings. The summed E-state index contributed by atoms with van der Waals surface area (Å²) in [6, 6.07) is 18.3. The number of nitrogens with zero attached hydrogens (tertiary/aromatic N) is 2. The van der Waals surface area contributed by atoms with Crippen LogP contribution in [0, 0.1) is 5.21 Å². The highest BCUT2D eigenvalue weighted by molar-refractivity contribution is 6.07. The molecule has 4 rings (SSSR count). The van der Waals surface area contributed by atoms with Crippen LogP contribution in [0.5, 0.6) is 0 Å². The molecule has 2 aromatic carbocycles. The monoisotopic (exact) mass is 458 g/mol. The highest BCUT2D eigenvalue weighted by Crippen LogP contribution is 2.42. The van der Waals surface area contributed by atoms with Crippen LogP contribution in [0.4, 0.5) is 5.69 Å². The van der Waals surface area contributed by atoms with Crippen molar-refractivity contribution in [3.8, 4) is 22.5 Å². The average Bonchev–Trinajstić information content (AvgIpc) is 2.87. The molecule has 0 atom stereocenters. The molecule has 0 radical (unpaired) electrons. The smallest absolute Gasteiger partial charge is 0.203 e. The minimum Gasteiger partial charge on any atom is -0.627 e.